The first-order valence-electron chi connectivity index (χ1n) is 9.49. The van der Waals surface area contributed by atoms with Gasteiger partial charge in [0, 0.05) is 30.9 Å². The predicted molar refractivity (Wildman–Crippen MR) is 110 cm³/mol. The number of aryl methyl sites for hydroxylation is 2. The molecule has 0 atom stereocenters. The summed E-state index contributed by atoms with van der Waals surface area (Å²) in [6.45, 7) is 4.95. The maximum atomic E-state index is 12.5. The van der Waals surface area contributed by atoms with E-state index in [1.807, 2.05) is 17.0 Å². The van der Waals surface area contributed by atoms with E-state index < -0.39 is 0 Å². The molecule has 1 amide bonds. The highest BCUT2D eigenvalue weighted by atomic mass is 35.5. The minimum absolute atomic E-state index is 0.278. The smallest absolute Gasteiger partial charge is 0.222 e. The Balaban J connectivity index is 1.37. The maximum absolute atomic E-state index is 12.5. The lowest BCUT2D eigenvalue weighted by atomic mass is 10.1. The molecule has 0 N–H and O–H groups in total. The second-order valence-electron chi connectivity index (χ2n) is 6.87. The Morgan fingerprint density at radius 1 is 1.00 bits per heavy atom. The van der Waals surface area contributed by atoms with Crippen molar-refractivity contribution in [2.75, 3.05) is 32.7 Å². The van der Waals surface area contributed by atoms with Crippen LogP contribution in [-0.4, -0.2) is 48.4 Å². The Morgan fingerprint density at radius 3 is 2.62 bits per heavy atom. The van der Waals surface area contributed by atoms with Gasteiger partial charge in [-0.25, -0.2) is 0 Å². The van der Waals surface area contributed by atoms with Gasteiger partial charge in [0.1, 0.15) is 0 Å². The molecular formula is C21H27ClN2OS. The molecule has 0 unspecified atom stereocenters. The Kier molecular flexibility index (Phi) is 7.54. The van der Waals surface area contributed by atoms with Gasteiger partial charge in [-0.05, 0) is 56.5 Å². The monoisotopic (exact) mass is 390 g/mol. The summed E-state index contributed by atoms with van der Waals surface area (Å²) >= 11 is 7.53. The van der Waals surface area contributed by atoms with Gasteiger partial charge in [-0.15, -0.1) is 11.3 Å². The first-order chi connectivity index (χ1) is 12.7. The molecule has 26 heavy (non-hydrogen) atoms. The molecule has 0 saturated carbocycles. The van der Waals surface area contributed by atoms with Gasteiger partial charge in [-0.1, -0.05) is 41.9 Å². The minimum Gasteiger partial charge on any atom is -0.341 e. The molecule has 1 aliphatic rings. The fraction of sp³-hybridized carbons (Fsp3) is 0.476. The van der Waals surface area contributed by atoms with E-state index in [1.165, 1.54) is 16.9 Å². The van der Waals surface area contributed by atoms with Crippen LogP contribution in [0.5, 0.6) is 0 Å². The van der Waals surface area contributed by atoms with Crippen molar-refractivity contribution >= 4 is 28.8 Å². The van der Waals surface area contributed by atoms with Gasteiger partial charge < -0.3 is 9.80 Å². The molecule has 0 bridgehead atoms. The van der Waals surface area contributed by atoms with Crippen LogP contribution in [0.2, 0.25) is 4.34 Å². The van der Waals surface area contributed by atoms with Crippen molar-refractivity contribution in [3.63, 3.8) is 0 Å². The summed E-state index contributed by atoms with van der Waals surface area (Å²) in [7, 11) is 0. The molecule has 1 fully saturated rings. The first kappa shape index (κ1) is 19.4. The lowest BCUT2D eigenvalue weighted by molar-refractivity contribution is -0.131. The minimum atomic E-state index is 0.278. The zero-order chi connectivity index (χ0) is 18.2. The number of thiophene rings is 1. The van der Waals surface area contributed by atoms with E-state index in [2.05, 4.69) is 35.2 Å². The van der Waals surface area contributed by atoms with Gasteiger partial charge in [0.05, 0.1) is 4.34 Å². The molecule has 5 heteroatoms. The standard InChI is InChI=1S/C21H27ClN2OS/c22-20-11-9-19(26-20)10-12-21(25)24-15-5-14-23(16-17-24)13-4-8-18-6-2-1-3-7-18/h1-3,6-7,9,11H,4-5,8,10,12-17H2. The third-order valence-corrected chi connectivity index (χ3v) is 6.23. The summed E-state index contributed by atoms with van der Waals surface area (Å²) in [5, 5.41) is 0. The number of amides is 1. The summed E-state index contributed by atoms with van der Waals surface area (Å²) in [5.74, 6) is 0.278. The fourth-order valence-corrected chi connectivity index (χ4v) is 4.56. The van der Waals surface area contributed by atoms with Crippen molar-refractivity contribution < 1.29 is 4.79 Å². The third kappa shape index (κ3) is 6.11. The number of carbonyl (C=O) groups excluding carboxylic acids is 1. The van der Waals surface area contributed by atoms with Gasteiger partial charge >= 0.3 is 0 Å². The van der Waals surface area contributed by atoms with Crippen molar-refractivity contribution in [1.82, 2.24) is 9.80 Å². The van der Waals surface area contributed by atoms with E-state index in [4.69, 9.17) is 11.6 Å². The summed E-state index contributed by atoms with van der Waals surface area (Å²) < 4.78 is 0.799. The summed E-state index contributed by atoms with van der Waals surface area (Å²) in [6.07, 6.45) is 4.76. The summed E-state index contributed by atoms with van der Waals surface area (Å²) in [6, 6.07) is 14.6. The fourth-order valence-electron chi connectivity index (χ4n) is 3.47. The van der Waals surface area contributed by atoms with E-state index in [1.54, 1.807) is 11.3 Å². The Hall–Kier alpha value is -1.36. The van der Waals surface area contributed by atoms with E-state index in [9.17, 15) is 4.79 Å². The normalized spacial score (nSPS) is 15.8. The van der Waals surface area contributed by atoms with Crippen molar-refractivity contribution in [3.8, 4) is 0 Å². The molecule has 0 spiro atoms. The van der Waals surface area contributed by atoms with Crippen molar-refractivity contribution in [1.29, 1.82) is 0 Å². The molecule has 3 nitrogen and oxygen atoms in total. The van der Waals surface area contributed by atoms with Crippen LogP contribution < -0.4 is 0 Å². The van der Waals surface area contributed by atoms with Gasteiger partial charge in [0.2, 0.25) is 5.91 Å². The summed E-state index contributed by atoms with van der Waals surface area (Å²) in [5.41, 5.74) is 1.41. The molecule has 0 radical (unpaired) electrons. The Bertz CT molecular complexity index is 688. The van der Waals surface area contributed by atoms with Gasteiger partial charge in [-0.2, -0.15) is 0 Å². The second-order valence-corrected chi connectivity index (χ2v) is 8.67. The van der Waals surface area contributed by atoms with E-state index in [-0.39, 0.29) is 5.91 Å². The molecule has 3 rings (SSSR count). The number of rotatable bonds is 7. The molecule has 0 aliphatic carbocycles. The van der Waals surface area contributed by atoms with Gasteiger partial charge in [-0.3, -0.25) is 4.79 Å². The Labute approximate surface area is 165 Å². The molecule has 2 heterocycles. The number of carbonyl (C=O) groups is 1. The van der Waals surface area contributed by atoms with E-state index in [0.29, 0.717) is 6.42 Å². The Morgan fingerprint density at radius 2 is 1.85 bits per heavy atom. The van der Waals surface area contributed by atoms with Gasteiger partial charge in [0.15, 0.2) is 0 Å². The number of hydrogen-bond donors (Lipinski definition) is 0. The molecule has 1 aromatic carbocycles. The van der Waals surface area contributed by atoms with Crippen LogP contribution in [0, 0.1) is 0 Å². The van der Waals surface area contributed by atoms with Crippen molar-refractivity contribution in [3.05, 3.63) is 57.2 Å². The molecular weight excluding hydrogens is 364 g/mol. The number of nitrogens with zero attached hydrogens (tertiary/aromatic N) is 2. The highest BCUT2D eigenvalue weighted by molar-refractivity contribution is 7.16. The van der Waals surface area contributed by atoms with E-state index in [0.717, 1.165) is 56.3 Å². The predicted octanol–water partition coefficient (Wildman–Crippen LogP) is 4.50. The number of benzene rings is 1. The molecule has 140 valence electrons. The highest BCUT2D eigenvalue weighted by Crippen LogP contribution is 2.22. The quantitative estimate of drug-likeness (QED) is 0.694. The largest absolute Gasteiger partial charge is 0.341 e. The third-order valence-electron chi connectivity index (χ3n) is 4.94. The van der Waals surface area contributed by atoms with Crippen LogP contribution in [0.1, 0.15) is 29.7 Å². The topological polar surface area (TPSA) is 23.6 Å². The lowest BCUT2D eigenvalue weighted by Crippen LogP contribution is -2.35. The SMILES string of the molecule is O=C(CCc1ccc(Cl)s1)N1CCCN(CCCc2ccccc2)CC1. The lowest BCUT2D eigenvalue weighted by Gasteiger charge is -2.22. The molecule has 1 saturated heterocycles. The molecule has 1 aromatic heterocycles. The van der Waals surface area contributed by atoms with Gasteiger partial charge in [0.25, 0.3) is 0 Å². The van der Waals surface area contributed by atoms with Crippen LogP contribution in [0.3, 0.4) is 0 Å². The van der Waals surface area contributed by atoms with Crippen LogP contribution in [0.25, 0.3) is 0 Å². The van der Waals surface area contributed by atoms with Crippen LogP contribution >= 0.6 is 22.9 Å². The van der Waals surface area contributed by atoms with Crippen LogP contribution in [0.15, 0.2) is 42.5 Å². The zero-order valence-corrected chi connectivity index (χ0v) is 16.8. The molecule has 2 aromatic rings. The average molecular weight is 391 g/mol. The molecule has 1 aliphatic heterocycles. The average Bonchev–Trinajstić information content (AvgIpc) is 2.93. The second kappa shape index (κ2) is 10.1. The number of halogens is 1. The zero-order valence-electron chi connectivity index (χ0n) is 15.2. The first-order valence-corrected chi connectivity index (χ1v) is 10.7. The van der Waals surface area contributed by atoms with E-state index >= 15 is 0 Å². The number of hydrogen-bond acceptors (Lipinski definition) is 3. The maximum Gasteiger partial charge on any atom is 0.222 e. The van der Waals surface area contributed by atoms with Crippen LogP contribution in [-0.2, 0) is 17.6 Å². The van der Waals surface area contributed by atoms with Crippen molar-refractivity contribution in [2.24, 2.45) is 0 Å². The van der Waals surface area contributed by atoms with Crippen LogP contribution in [0.4, 0.5) is 0 Å². The van der Waals surface area contributed by atoms with Crippen molar-refractivity contribution in [2.45, 2.75) is 32.1 Å². The highest BCUT2D eigenvalue weighted by Gasteiger charge is 2.18. The summed E-state index contributed by atoms with van der Waals surface area (Å²) in [4.78, 5) is 18.3.